The fourth-order valence-electron chi connectivity index (χ4n) is 3.71. The van der Waals surface area contributed by atoms with Crippen LogP contribution in [0.25, 0.3) is 11.3 Å². The molecule has 0 unspecified atom stereocenters. The fraction of sp³-hybridized carbons (Fsp3) is 0.348. The maximum absolute atomic E-state index is 13.0. The van der Waals surface area contributed by atoms with Gasteiger partial charge in [-0.2, -0.15) is 4.31 Å². The second kappa shape index (κ2) is 9.39. The van der Waals surface area contributed by atoms with Gasteiger partial charge in [0.2, 0.25) is 10.0 Å². The lowest BCUT2D eigenvalue weighted by molar-refractivity contribution is 0.181. The van der Waals surface area contributed by atoms with Crippen molar-refractivity contribution in [3.05, 3.63) is 70.5 Å². The van der Waals surface area contributed by atoms with Crippen LogP contribution < -0.4 is 0 Å². The number of benzene rings is 2. The van der Waals surface area contributed by atoms with Gasteiger partial charge in [-0.05, 0) is 24.1 Å². The van der Waals surface area contributed by atoms with E-state index in [0.717, 1.165) is 35.7 Å². The number of nitrogens with zero attached hydrogens (tertiary/aromatic N) is 3. The van der Waals surface area contributed by atoms with Crippen LogP contribution in [0, 0.1) is 0 Å². The molecule has 0 aliphatic carbocycles. The van der Waals surface area contributed by atoms with Crippen LogP contribution in [0.3, 0.4) is 0 Å². The van der Waals surface area contributed by atoms with E-state index in [4.69, 9.17) is 4.98 Å². The van der Waals surface area contributed by atoms with Crippen molar-refractivity contribution in [3.63, 3.8) is 0 Å². The first-order chi connectivity index (χ1) is 14.6. The van der Waals surface area contributed by atoms with Gasteiger partial charge < -0.3 is 0 Å². The van der Waals surface area contributed by atoms with Gasteiger partial charge in [0.15, 0.2) is 0 Å². The molecule has 1 fully saturated rings. The topological polar surface area (TPSA) is 53.5 Å². The lowest BCUT2D eigenvalue weighted by atomic mass is 10.1. The number of aromatic nitrogens is 1. The molecule has 1 aromatic heterocycles. The number of rotatable bonds is 7. The van der Waals surface area contributed by atoms with E-state index in [1.807, 2.05) is 30.3 Å². The van der Waals surface area contributed by atoms with Crippen molar-refractivity contribution < 1.29 is 8.42 Å². The van der Waals surface area contributed by atoms with Crippen molar-refractivity contribution in [3.8, 4) is 11.3 Å². The summed E-state index contributed by atoms with van der Waals surface area (Å²) in [5.74, 6) is 0. The van der Waals surface area contributed by atoms with Gasteiger partial charge in [0.05, 0.1) is 17.1 Å². The van der Waals surface area contributed by atoms with Gasteiger partial charge in [-0.25, -0.2) is 13.4 Å². The van der Waals surface area contributed by atoms with E-state index >= 15 is 0 Å². The maximum Gasteiger partial charge on any atom is 0.243 e. The highest BCUT2D eigenvalue weighted by Crippen LogP contribution is 2.24. The molecule has 5 nitrogen and oxygen atoms in total. The third-order valence-corrected chi connectivity index (χ3v) is 8.16. The second-order valence-corrected chi connectivity index (χ2v) is 10.4. The van der Waals surface area contributed by atoms with Crippen LogP contribution in [0.4, 0.5) is 0 Å². The summed E-state index contributed by atoms with van der Waals surface area (Å²) >= 11 is 1.66. The molecule has 30 heavy (non-hydrogen) atoms. The molecule has 7 heteroatoms. The van der Waals surface area contributed by atoms with E-state index in [2.05, 4.69) is 29.3 Å². The number of sulfonamides is 1. The van der Waals surface area contributed by atoms with E-state index in [-0.39, 0.29) is 0 Å². The molecule has 2 heterocycles. The van der Waals surface area contributed by atoms with Crippen LogP contribution in [0.15, 0.2) is 64.9 Å². The van der Waals surface area contributed by atoms with Gasteiger partial charge in [0, 0.05) is 37.1 Å². The van der Waals surface area contributed by atoms with E-state index in [1.165, 1.54) is 5.56 Å². The van der Waals surface area contributed by atoms with Crippen LogP contribution >= 0.6 is 11.3 Å². The largest absolute Gasteiger partial charge is 0.294 e. The molecule has 0 atom stereocenters. The molecule has 1 aliphatic heterocycles. The molecule has 2 aromatic carbocycles. The van der Waals surface area contributed by atoms with Crippen LogP contribution in [0.2, 0.25) is 0 Å². The predicted molar refractivity (Wildman–Crippen MR) is 122 cm³/mol. The van der Waals surface area contributed by atoms with Crippen molar-refractivity contribution in [1.29, 1.82) is 0 Å². The number of aryl methyl sites for hydroxylation is 1. The molecule has 0 saturated carbocycles. The third kappa shape index (κ3) is 4.81. The minimum atomic E-state index is -3.43. The van der Waals surface area contributed by atoms with E-state index in [0.29, 0.717) is 31.1 Å². The molecule has 0 spiro atoms. The van der Waals surface area contributed by atoms with Gasteiger partial charge in [-0.3, -0.25) is 4.90 Å². The van der Waals surface area contributed by atoms with Gasteiger partial charge >= 0.3 is 0 Å². The molecule has 0 amide bonds. The van der Waals surface area contributed by atoms with Gasteiger partial charge in [-0.15, -0.1) is 11.3 Å². The quantitative estimate of drug-likeness (QED) is 0.549. The van der Waals surface area contributed by atoms with Gasteiger partial charge in [0.1, 0.15) is 5.01 Å². The van der Waals surface area contributed by atoms with Crippen molar-refractivity contribution in [1.82, 2.24) is 14.2 Å². The van der Waals surface area contributed by atoms with Crippen LogP contribution in [0.1, 0.15) is 23.9 Å². The Morgan fingerprint density at radius 2 is 1.67 bits per heavy atom. The van der Waals surface area contributed by atoms with E-state index < -0.39 is 10.0 Å². The highest BCUT2D eigenvalue weighted by atomic mass is 32.2. The summed E-state index contributed by atoms with van der Waals surface area (Å²) in [6.45, 7) is 5.34. The van der Waals surface area contributed by atoms with E-state index in [1.54, 1.807) is 27.8 Å². The SMILES string of the molecule is CCCc1ccc(S(=O)(=O)N2CCN(Cc3nc(-c4ccccc4)cs3)CC2)cc1. The predicted octanol–water partition coefficient (Wildman–Crippen LogP) is 4.27. The first kappa shape index (κ1) is 21.2. The summed E-state index contributed by atoms with van der Waals surface area (Å²) in [6.07, 6.45) is 2.03. The van der Waals surface area contributed by atoms with Gasteiger partial charge in [0.25, 0.3) is 0 Å². The third-order valence-electron chi connectivity index (χ3n) is 5.41. The first-order valence-electron chi connectivity index (χ1n) is 10.4. The Labute approximate surface area is 183 Å². The molecule has 1 saturated heterocycles. The van der Waals surface area contributed by atoms with Crippen molar-refractivity contribution in [2.24, 2.45) is 0 Å². The van der Waals surface area contributed by atoms with Crippen molar-refractivity contribution in [2.45, 2.75) is 31.2 Å². The number of piperazine rings is 1. The van der Waals surface area contributed by atoms with Crippen LogP contribution in [-0.4, -0.2) is 48.8 Å². The molecule has 0 N–H and O–H groups in total. The van der Waals surface area contributed by atoms with Crippen LogP contribution in [-0.2, 0) is 23.0 Å². The summed E-state index contributed by atoms with van der Waals surface area (Å²) in [5, 5.41) is 3.16. The Hall–Kier alpha value is -2.06. The zero-order valence-electron chi connectivity index (χ0n) is 17.2. The normalized spacial score (nSPS) is 16.0. The average Bonchev–Trinajstić information content (AvgIpc) is 3.24. The summed E-state index contributed by atoms with van der Waals surface area (Å²) < 4.78 is 27.6. The minimum absolute atomic E-state index is 0.392. The Kier molecular flexibility index (Phi) is 6.63. The number of thiazole rings is 1. The maximum atomic E-state index is 13.0. The lowest BCUT2D eigenvalue weighted by Gasteiger charge is -2.33. The van der Waals surface area contributed by atoms with Crippen LogP contribution in [0.5, 0.6) is 0 Å². The van der Waals surface area contributed by atoms with Gasteiger partial charge in [-0.1, -0.05) is 55.8 Å². The molecule has 3 aromatic rings. The molecule has 4 rings (SSSR count). The van der Waals surface area contributed by atoms with Crippen molar-refractivity contribution >= 4 is 21.4 Å². The Balaban J connectivity index is 1.35. The average molecular weight is 442 g/mol. The summed E-state index contributed by atoms with van der Waals surface area (Å²) in [5.41, 5.74) is 3.31. The molecular formula is C23H27N3O2S2. The zero-order valence-corrected chi connectivity index (χ0v) is 18.8. The minimum Gasteiger partial charge on any atom is -0.294 e. The Bertz CT molecular complexity index is 1060. The zero-order chi connectivity index (χ0) is 21.0. The van der Waals surface area contributed by atoms with E-state index in [9.17, 15) is 8.42 Å². The number of hydrogen-bond donors (Lipinski definition) is 0. The highest BCUT2D eigenvalue weighted by Gasteiger charge is 2.28. The smallest absolute Gasteiger partial charge is 0.243 e. The fourth-order valence-corrected chi connectivity index (χ4v) is 5.98. The first-order valence-corrected chi connectivity index (χ1v) is 12.7. The van der Waals surface area contributed by atoms with Crippen molar-refractivity contribution in [2.75, 3.05) is 26.2 Å². The lowest BCUT2D eigenvalue weighted by Crippen LogP contribution is -2.48. The highest BCUT2D eigenvalue weighted by molar-refractivity contribution is 7.89. The molecular weight excluding hydrogens is 414 g/mol. The summed E-state index contributed by atoms with van der Waals surface area (Å²) in [4.78, 5) is 7.43. The summed E-state index contributed by atoms with van der Waals surface area (Å²) in [6, 6.07) is 17.5. The molecule has 0 radical (unpaired) electrons. The monoisotopic (exact) mass is 441 g/mol. The Morgan fingerprint density at radius 1 is 0.967 bits per heavy atom. The molecule has 158 valence electrons. The summed E-state index contributed by atoms with van der Waals surface area (Å²) in [7, 11) is -3.43. The number of hydrogen-bond acceptors (Lipinski definition) is 5. The standard InChI is InChI=1S/C23H27N3O2S2/c1-2-6-19-9-11-21(12-10-19)30(27,28)26-15-13-25(14-16-26)17-23-24-22(18-29-23)20-7-4-3-5-8-20/h3-5,7-12,18H,2,6,13-17H2,1H3. The molecule has 1 aliphatic rings. The second-order valence-electron chi connectivity index (χ2n) is 7.57. The Morgan fingerprint density at radius 3 is 2.33 bits per heavy atom. The molecule has 0 bridgehead atoms.